The molecule has 3 amide bonds. The molecular formula is C11H11IN2O5. The van der Waals surface area contributed by atoms with Crippen molar-refractivity contribution in [1.29, 1.82) is 0 Å². The van der Waals surface area contributed by atoms with Gasteiger partial charge in [-0.15, -0.1) is 0 Å². The van der Waals surface area contributed by atoms with Crippen LogP contribution in [0.25, 0.3) is 0 Å². The molecule has 0 radical (unpaired) electrons. The summed E-state index contributed by atoms with van der Waals surface area (Å²) in [6.07, 6.45) is 0. The van der Waals surface area contributed by atoms with Crippen LogP contribution in [0.3, 0.4) is 0 Å². The van der Waals surface area contributed by atoms with E-state index in [0.717, 1.165) is 3.57 Å². The molecule has 0 fully saturated rings. The zero-order chi connectivity index (χ0) is 14.4. The van der Waals surface area contributed by atoms with Gasteiger partial charge in [-0.05, 0) is 40.8 Å². The predicted molar refractivity (Wildman–Crippen MR) is 74.2 cm³/mol. The predicted octanol–water partition coefficient (Wildman–Crippen LogP) is 0.824. The molecule has 0 heterocycles. The number of amides is 3. The number of ether oxygens (including phenoxy) is 1. The maximum absolute atomic E-state index is 11.3. The Balaban J connectivity index is 2.70. The molecule has 1 aromatic rings. The number of hydrogen-bond acceptors (Lipinski definition) is 4. The number of carboxylic acids is 1. The summed E-state index contributed by atoms with van der Waals surface area (Å²) in [5, 5.41) is 13.2. The quantitative estimate of drug-likeness (QED) is 0.674. The highest BCUT2D eigenvalue weighted by molar-refractivity contribution is 14.1. The van der Waals surface area contributed by atoms with Crippen molar-refractivity contribution in [3.8, 4) is 5.75 Å². The van der Waals surface area contributed by atoms with Crippen LogP contribution in [-0.4, -0.2) is 36.7 Å². The van der Waals surface area contributed by atoms with E-state index in [0.29, 0.717) is 0 Å². The van der Waals surface area contributed by atoms with Gasteiger partial charge < -0.3 is 15.2 Å². The van der Waals surface area contributed by atoms with Crippen LogP contribution >= 0.6 is 22.6 Å². The SMILES string of the molecule is CNC(=O)NC(=O)COc1ccc(I)cc1C(=O)O. The topological polar surface area (TPSA) is 105 Å². The number of carboxylic acid groups (broad SMARTS) is 1. The maximum Gasteiger partial charge on any atom is 0.339 e. The van der Waals surface area contributed by atoms with Crippen LogP contribution in [-0.2, 0) is 4.79 Å². The standard InChI is InChI=1S/C11H11IN2O5/c1-13-11(18)14-9(15)5-19-8-3-2-6(12)4-7(8)10(16)17/h2-4H,5H2,1H3,(H,16,17)(H2,13,14,15,18). The summed E-state index contributed by atoms with van der Waals surface area (Å²) in [7, 11) is 1.37. The second-order valence-corrected chi connectivity index (χ2v) is 4.61. The van der Waals surface area contributed by atoms with Crippen molar-refractivity contribution >= 4 is 40.5 Å². The van der Waals surface area contributed by atoms with Gasteiger partial charge in [-0.2, -0.15) is 0 Å². The Kier molecular flexibility index (Phi) is 5.55. The third-order valence-corrected chi connectivity index (χ3v) is 2.68. The number of carbonyl (C=O) groups is 3. The summed E-state index contributed by atoms with van der Waals surface area (Å²) in [6.45, 7) is -0.450. The van der Waals surface area contributed by atoms with Gasteiger partial charge in [-0.3, -0.25) is 10.1 Å². The molecule has 1 aromatic carbocycles. The normalized spacial score (nSPS) is 9.58. The number of hydrogen-bond donors (Lipinski definition) is 3. The summed E-state index contributed by atoms with van der Waals surface area (Å²) in [6, 6.07) is 3.88. The number of nitrogens with one attached hydrogen (secondary N) is 2. The van der Waals surface area contributed by atoms with Crippen molar-refractivity contribution in [2.45, 2.75) is 0 Å². The molecule has 0 bridgehead atoms. The Morgan fingerprint density at radius 1 is 1.37 bits per heavy atom. The minimum absolute atomic E-state index is 0.0420. The lowest BCUT2D eigenvalue weighted by atomic mass is 10.2. The lowest BCUT2D eigenvalue weighted by Gasteiger charge is -2.09. The van der Waals surface area contributed by atoms with Gasteiger partial charge in [-0.1, -0.05) is 0 Å². The van der Waals surface area contributed by atoms with Crippen LogP contribution in [0.1, 0.15) is 10.4 Å². The molecule has 8 heteroatoms. The highest BCUT2D eigenvalue weighted by Crippen LogP contribution is 2.21. The van der Waals surface area contributed by atoms with E-state index in [1.54, 1.807) is 6.07 Å². The van der Waals surface area contributed by atoms with E-state index in [-0.39, 0.29) is 11.3 Å². The minimum atomic E-state index is -1.15. The highest BCUT2D eigenvalue weighted by Gasteiger charge is 2.14. The van der Waals surface area contributed by atoms with Crippen molar-refractivity contribution in [3.05, 3.63) is 27.3 Å². The van der Waals surface area contributed by atoms with Crippen LogP contribution in [0.4, 0.5) is 4.79 Å². The van der Waals surface area contributed by atoms with Crippen molar-refractivity contribution in [2.24, 2.45) is 0 Å². The van der Waals surface area contributed by atoms with Crippen molar-refractivity contribution in [1.82, 2.24) is 10.6 Å². The molecule has 7 nitrogen and oxygen atoms in total. The Morgan fingerprint density at radius 2 is 2.05 bits per heavy atom. The second kappa shape index (κ2) is 6.92. The third kappa shape index (κ3) is 4.73. The molecule has 0 aliphatic rings. The van der Waals surface area contributed by atoms with E-state index in [1.165, 1.54) is 19.2 Å². The number of halogens is 1. The summed E-state index contributed by atoms with van der Waals surface area (Å²) < 4.78 is 5.82. The number of benzene rings is 1. The van der Waals surface area contributed by atoms with Crippen LogP contribution < -0.4 is 15.4 Å². The van der Waals surface area contributed by atoms with E-state index >= 15 is 0 Å². The fourth-order valence-corrected chi connectivity index (χ4v) is 1.65. The molecule has 0 aromatic heterocycles. The second-order valence-electron chi connectivity index (χ2n) is 3.36. The van der Waals surface area contributed by atoms with Gasteiger partial charge in [0.15, 0.2) is 6.61 Å². The molecule has 0 aliphatic heterocycles. The summed E-state index contributed by atoms with van der Waals surface area (Å²) in [5.41, 5.74) is -0.0420. The Labute approximate surface area is 122 Å². The average Bonchev–Trinajstić information content (AvgIpc) is 2.36. The van der Waals surface area contributed by atoms with Crippen LogP contribution in [0.15, 0.2) is 18.2 Å². The molecule has 0 spiro atoms. The van der Waals surface area contributed by atoms with Crippen LogP contribution in [0.2, 0.25) is 0 Å². The van der Waals surface area contributed by atoms with Gasteiger partial charge in [0, 0.05) is 10.6 Å². The van der Waals surface area contributed by atoms with Crippen molar-refractivity contribution in [3.63, 3.8) is 0 Å². The van der Waals surface area contributed by atoms with Gasteiger partial charge in [0.05, 0.1) is 0 Å². The lowest BCUT2D eigenvalue weighted by Crippen LogP contribution is -2.40. The molecule has 0 saturated heterocycles. The fourth-order valence-electron chi connectivity index (χ4n) is 1.16. The fraction of sp³-hybridized carbons (Fsp3) is 0.182. The Bertz CT molecular complexity index is 518. The first-order valence-electron chi connectivity index (χ1n) is 5.11. The summed E-state index contributed by atoms with van der Waals surface area (Å²) >= 11 is 1.97. The van der Waals surface area contributed by atoms with Gasteiger partial charge in [0.1, 0.15) is 11.3 Å². The largest absolute Gasteiger partial charge is 0.483 e. The van der Waals surface area contributed by atoms with Gasteiger partial charge in [0.25, 0.3) is 5.91 Å². The van der Waals surface area contributed by atoms with Gasteiger partial charge in [0.2, 0.25) is 0 Å². The minimum Gasteiger partial charge on any atom is -0.483 e. The molecule has 0 unspecified atom stereocenters. The highest BCUT2D eigenvalue weighted by atomic mass is 127. The molecule has 3 N–H and O–H groups in total. The van der Waals surface area contributed by atoms with E-state index < -0.39 is 24.5 Å². The smallest absolute Gasteiger partial charge is 0.339 e. The van der Waals surface area contributed by atoms with Gasteiger partial charge >= 0.3 is 12.0 Å². The molecule has 19 heavy (non-hydrogen) atoms. The first-order chi connectivity index (χ1) is 8.93. The van der Waals surface area contributed by atoms with E-state index in [9.17, 15) is 14.4 Å². The number of rotatable bonds is 4. The molecule has 1 rings (SSSR count). The molecule has 0 aliphatic carbocycles. The third-order valence-electron chi connectivity index (χ3n) is 2.01. The zero-order valence-corrected chi connectivity index (χ0v) is 12.1. The van der Waals surface area contributed by atoms with Crippen LogP contribution in [0, 0.1) is 3.57 Å². The zero-order valence-electron chi connectivity index (χ0n) is 9.90. The molecule has 0 atom stereocenters. The van der Waals surface area contributed by atoms with E-state index in [1.807, 2.05) is 27.9 Å². The molecule has 102 valence electrons. The van der Waals surface area contributed by atoms with E-state index in [2.05, 4.69) is 5.32 Å². The van der Waals surface area contributed by atoms with Crippen LogP contribution in [0.5, 0.6) is 5.75 Å². The Morgan fingerprint density at radius 3 is 2.63 bits per heavy atom. The number of urea groups is 1. The first kappa shape index (κ1) is 15.2. The van der Waals surface area contributed by atoms with Gasteiger partial charge in [-0.25, -0.2) is 9.59 Å². The van der Waals surface area contributed by atoms with Crippen molar-refractivity contribution in [2.75, 3.05) is 13.7 Å². The first-order valence-corrected chi connectivity index (χ1v) is 6.19. The number of imide groups is 1. The van der Waals surface area contributed by atoms with Crippen molar-refractivity contribution < 1.29 is 24.2 Å². The molecule has 0 saturated carbocycles. The average molecular weight is 378 g/mol. The number of carbonyl (C=O) groups excluding carboxylic acids is 2. The summed E-state index contributed by atoms with van der Waals surface area (Å²) in [4.78, 5) is 33.1. The number of aromatic carboxylic acids is 1. The maximum atomic E-state index is 11.3. The Hall–Kier alpha value is -1.84. The van der Waals surface area contributed by atoms with E-state index in [4.69, 9.17) is 9.84 Å². The summed E-state index contributed by atoms with van der Waals surface area (Å²) in [5.74, 6) is -1.76. The monoisotopic (exact) mass is 378 g/mol. The lowest BCUT2D eigenvalue weighted by molar-refractivity contribution is -0.122. The molecular weight excluding hydrogens is 367 g/mol.